The highest BCUT2D eigenvalue weighted by molar-refractivity contribution is 7.98. The first-order valence-corrected chi connectivity index (χ1v) is 7.10. The lowest BCUT2D eigenvalue weighted by atomic mass is 10.2. The maximum Gasteiger partial charge on any atom is 0.140 e. The summed E-state index contributed by atoms with van der Waals surface area (Å²) in [7, 11) is 0. The van der Waals surface area contributed by atoms with Crippen molar-refractivity contribution in [2.75, 3.05) is 25.4 Å². The van der Waals surface area contributed by atoms with Gasteiger partial charge in [0.05, 0.1) is 0 Å². The molecule has 17 heavy (non-hydrogen) atoms. The molecule has 0 radical (unpaired) electrons. The second kappa shape index (κ2) is 8.10. The van der Waals surface area contributed by atoms with Crippen molar-refractivity contribution in [1.29, 1.82) is 5.26 Å². The van der Waals surface area contributed by atoms with E-state index in [4.69, 9.17) is 5.26 Å². The molecule has 1 rings (SSSR count). The molecule has 3 nitrogen and oxygen atoms in total. The third-order valence-electron chi connectivity index (χ3n) is 2.65. The van der Waals surface area contributed by atoms with Gasteiger partial charge in [0.1, 0.15) is 11.8 Å². The van der Waals surface area contributed by atoms with Crippen LogP contribution < -0.4 is 0 Å². The maximum absolute atomic E-state index is 8.74. The SMILES string of the molecule is CCN(CC)CCSCc1ccnc(C#N)c1. The first-order valence-electron chi connectivity index (χ1n) is 5.95. The predicted molar refractivity (Wildman–Crippen MR) is 72.9 cm³/mol. The van der Waals surface area contributed by atoms with Gasteiger partial charge < -0.3 is 4.90 Å². The van der Waals surface area contributed by atoms with Crippen molar-refractivity contribution in [2.45, 2.75) is 19.6 Å². The Bertz CT molecular complexity index is 369. The minimum atomic E-state index is 0.506. The number of pyridine rings is 1. The van der Waals surface area contributed by atoms with Crippen molar-refractivity contribution in [2.24, 2.45) is 0 Å². The number of nitriles is 1. The van der Waals surface area contributed by atoms with Gasteiger partial charge in [-0.15, -0.1) is 0 Å². The molecular weight excluding hydrogens is 230 g/mol. The van der Waals surface area contributed by atoms with Crippen LogP contribution in [0.5, 0.6) is 0 Å². The molecule has 92 valence electrons. The van der Waals surface area contributed by atoms with Gasteiger partial charge in [-0.3, -0.25) is 0 Å². The van der Waals surface area contributed by atoms with Crippen LogP contribution in [0.1, 0.15) is 25.1 Å². The molecule has 1 aromatic heterocycles. The third kappa shape index (κ3) is 5.20. The fourth-order valence-electron chi connectivity index (χ4n) is 1.55. The molecular formula is C13H19N3S. The van der Waals surface area contributed by atoms with E-state index in [1.165, 1.54) is 5.56 Å². The molecule has 0 amide bonds. The summed E-state index contributed by atoms with van der Waals surface area (Å²) in [5, 5.41) is 8.74. The summed E-state index contributed by atoms with van der Waals surface area (Å²) in [4.78, 5) is 6.38. The maximum atomic E-state index is 8.74. The fourth-order valence-corrected chi connectivity index (χ4v) is 2.50. The van der Waals surface area contributed by atoms with E-state index in [-0.39, 0.29) is 0 Å². The van der Waals surface area contributed by atoms with Crippen LogP contribution in [0, 0.1) is 11.3 Å². The molecule has 0 saturated heterocycles. The van der Waals surface area contributed by atoms with Gasteiger partial charge >= 0.3 is 0 Å². The topological polar surface area (TPSA) is 39.9 Å². The van der Waals surface area contributed by atoms with Crippen LogP contribution in [-0.4, -0.2) is 35.3 Å². The van der Waals surface area contributed by atoms with Gasteiger partial charge in [0.25, 0.3) is 0 Å². The normalized spacial score (nSPS) is 10.5. The van der Waals surface area contributed by atoms with Crippen molar-refractivity contribution in [3.8, 4) is 6.07 Å². The van der Waals surface area contributed by atoms with Gasteiger partial charge in [-0.2, -0.15) is 17.0 Å². The predicted octanol–water partition coefficient (Wildman–Crippen LogP) is 2.53. The number of hydrogen-bond acceptors (Lipinski definition) is 4. The van der Waals surface area contributed by atoms with Gasteiger partial charge in [0.2, 0.25) is 0 Å². The zero-order valence-corrected chi connectivity index (χ0v) is 11.3. The minimum absolute atomic E-state index is 0.506. The van der Waals surface area contributed by atoms with Gasteiger partial charge in [-0.25, -0.2) is 4.98 Å². The first-order chi connectivity index (χ1) is 8.30. The molecule has 0 spiro atoms. The van der Waals surface area contributed by atoms with E-state index in [1.54, 1.807) is 6.20 Å². The molecule has 0 N–H and O–H groups in total. The van der Waals surface area contributed by atoms with Gasteiger partial charge in [-0.05, 0) is 30.8 Å². The summed E-state index contributed by atoms with van der Waals surface area (Å²) in [5.41, 5.74) is 1.69. The molecule has 0 aromatic carbocycles. The molecule has 0 aliphatic carbocycles. The van der Waals surface area contributed by atoms with Crippen LogP contribution in [0.2, 0.25) is 0 Å². The van der Waals surface area contributed by atoms with Crippen LogP contribution in [0.4, 0.5) is 0 Å². The summed E-state index contributed by atoms with van der Waals surface area (Å²) in [6.07, 6.45) is 1.71. The van der Waals surface area contributed by atoms with Crippen molar-refractivity contribution in [3.05, 3.63) is 29.6 Å². The van der Waals surface area contributed by atoms with Crippen molar-refractivity contribution < 1.29 is 0 Å². The average Bonchev–Trinajstić information content (AvgIpc) is 2.39. The molecule has 0 unspecified atom stereocenters. The summed E-state index contributed by atoms with van der Waals surface area (Å²) in [6, 6.07) is 5.91. The molecule has 1 heterocycles. The van der Waals surface area contributed by atoms with E-state index < -0.39 is 0 Å². The Morgan fingerprint density at radius 1 is 1.41 bits per heavy atom. The van der Waals surface area contributed by atoms with Crippen molar-refractivity contribution in [1.82, 2.24) is 9.88 Å². The lowest BCUT2D eigenvalue weighted by Crippen LogP contribution is -2.25. The summed E-state index contributed by atoms with van der Waals surface area (Å²) < 4.78 is 0. The Hall–Kier alpha value is -1.05. The van der Waals surface area contributed by atoms with Crippen LogP contribution in [0.25, 0.3) is 0 Å². The van der Waals surface area contributed by atoms with Crippen LogP contribution in [-0.2, 0) is 5.75 Å². The lowest BCUT2D eigenvalue weighted by molar-refractivity contribution is 0.324. The molecule has 0 fully saturated rings. The van der Waals surface area contributed by atoms with E-state index in [9.17, 15) is 0 Å². The fraction of sp³-hybridized carbons (Fsp3) is 0.538. The van der Waals surface area contributed by atoms with E-state index in [1.807, 2.05) is 23.9 Å². The number of rotatable bonds is 7. The molecule has 4 heteroatoms. The molecule has 1 aromatic rings. The van der Waals surface area contributed by atoms with Gasteiger partial charge in [-0.1, -0.05) is 13.8 Å². The largest absolute Gasteiger partial charge is 0.303 e. The van der Waals surface area contributed by atoms with Gasteiger partial charge in [0, 0.05) is 24.2 Å². The zero-order valence-electron chi connectivity index (χ0n) is 10.5. The Balaban J connectivity index is 2.29. The summed E-state index contributed by atoms with van der Waals surface area (Å²) in [6.45, 7) is 7.75. The second-order valence-electron chi connectivity index (χ2n) is 3.74. The van der Waals surface area contributed by atoms with E-state index in [0.717, 1.165) is 31.1 Å². The molecule has 0 aliphatic heterocycles. The van der Waals surface area contributed by atoms with Crippen molar-refractivity contribution in [3.63, 3.8) is 0 Å². The second-order valence-corrected chi connectivity index (χ2v) is 4.85. The van der Waals surface area contributed by atoms with Crippen LogP contribution >= 0.6 is 11.8 Å². The highest BCUT2D eigenvalue weighted by Crippen LogP contribution is 2.12. The smallest absolute Gasteiger partial charge is 0.140 e. The Morgan fingerprint density at radius 3 is 2.82 bits per heavy atom. The lowest BCUT2D eigenvalue weighted by Gasteiger charge is -2.17. The number of nitrogens with zero attached hydrogens (tertiary/aromatic N) is 3. The minimum Gasteiger partial charge on any atom is -0.303 e. The standard InChI is InChI=1S/C13H19N3S/c1-3-16(4-2)7-8-17-11-12-5-6-15-13(9-12)10-14/h5-6,9H,3-4,7-8,11H2,1-2H3. The van der Waals surface area contributed by atoms with E-state index >= 15 is 0 Å². The van der Waals surface area contributed by atoms with E-state index in [0.29, 0.717) is 5.69 Å². The summed E-state index contributed by atoms with van der Waals surface area (Å²) in [5.74, 6) is 2.09. The number of thioether (sulfide) groups is 1. The first kappa shape index (κ1) is 14.0. The van der Waals surface area contributed by atoms with Crippen LogP contribution in [0.3, 0.4) is 0 Å². The Morgan fingerprint density at radius 2 is 2.18 bits per heavy atom. The van der Waals surface area contributed by atoms with Crippen molar-refractivity contribution >= 4 is 11.8 Å². The Kier molecular flexibility index (Phi) is 6.68. The van der Waals surface area contributed by atoms with Gasteiger partial charge in [0.15, 0.2) is 0 Å². The highest BCUT2D eigenvalue weighted by atomic mass is 32.2. The highest BCUT2D eigenvalue weighted by Gasteiger charge is 2.00. The van der Waals surface area contributed by atoms with Crippen LogP contribution in [0.15, 0.2) is 18.3 Å². The molecule has 0 atom stereocenters. The molecule has 0 saturated carbocycles. The average molecular weight is 249 g/mol. The molecule has 0 bridgehead atoms. The zero-order chi connectivity index (χ0) is 12.5. The number of hydrogen-bond donors (Lipinski definition) is 0. The van der Waals surface area contributed by atoms with E-state index in [2.05, 4.69) is 29.8 Å². The Labute approximate surface area is 108 Å². The monoisotopic (exact) mass is 249 g/mol. The third-order valence-corrected chi connectivity index (χ3v) is 3.66. The summed E-state index contributed by atoms with van der Waals surface area (Å²) >= 11 is 1.91. The number of aromatic nitrogens is 1. The molecule has 0 aliphatic rings. The quantitative estimate of drug-likeness (QED) is 0.696.